The van der Waals surface area contributed by atoms with Gasteiger partial charge in [-0.05, 0) is 84.6 Å². The third-order valence-electron chi connectivity index (χ3n) is 11.5. The van der Waals surface area contributed by atoms with Crippen LogP contribution in [0.5, 0.6) is 0 Å². The van der Waals surface area contributed by atoms with Crippen molar-refractivity contribution in [2.75, 3.05) is 27.3 Å². The Kier molecular flexibility index (Phi) is 10.9. The first-order valence-corrected chi connectivity index (χ1v) is 19.4. The average molecular weight is 753 g/mol. The molecule has 3 fully saturated rings. The number of nitrogens with one attached hydrogen (secondary N) is 4. The Morgan fingerprint density at radius 1 is 0.745 bits per heavy atom. The molecule has 2 saturated heterocycles. The molecular weight excluding hydrogens is 701 g/mol. The van der Waals surface area contributed by atoms with Gasteiger partial charge in [-0.1, -0.05) is 58.0 Å². The maximum Gasteiger partial charge on any atom is 0.407 e. The number of alkyl carbamates (subject to hydrolysis) is 2. The smallest absolute Gasteiger partial charge is 0.407 e. The largest absolute Gasteiger partial charge is 0.453 e. The summed E-state index contributed by atoms with van der Waals surface area (Å²) in [6.45, 7) is 8.85. The molecule has 0 radical (unpaired) electrons. The number of benzene rings is 2. The Bertz CT molecular complexity index is 2040. The fourth-order valence-corrected chi connectivity index (χ4v) is 8.32. The fraction of sp³-hybridized carbons (Fsp3) is 0.512. The molecule has 14 heteroatoms. The van der Waals surface area contributed by atoms with E-state index in [1.165, 1.54) is 25.3 Å². The van der Waals surface area contributed by atoms with Crippen molar-refractivity contribution in [2.24, 2.45) is 11.8 Å². The molecule has 1 saturated carbocycles. The van der Waals surface area contributed by atoms with Crippen molar-refractivity contribution in [3.05, 3.63) is 71.4 Å². The number of likely N-dealkylation sites (tertiary alicyclic amines) is 2. The summed E-state index contributed by atoms with van der Waals surface area (Å²) in [7, 11) is 2.59. The van der Waals surface area contributed by atoms with Gasteiger partial charge in [0.1, 0.15) is 23.7 Å². The lowest BCUT2D eigenvalue weighted by atomic mass is 10.0. The number of aromatic nitrogens is 4. The van der Waals surface area contributed by atoms with Gasteiger partial charge in [-0.3, -0.25) is 9.59 Å². The number of rotatable bonds is 11. The van der Waals surface area contributed by atoms with E-state index >= 15 is 0 Å². The summed E-state index contributed by atoms with van der Waals surface area (Å²) in [4.78, 5) is 71.3. The molecule has 14 nitrogen and oxygen atoms in total. The van der Waals surface area contributed by atoms with Crippen LogP contribution in [0.4, 0.5) is 9.59 Å². The summed E-state index contributed by atoms with van der Waals surface area (Å²) in [5, 5.41) is 5.42. The number of amides is 4. The zero-order valence-electron chi connectivity index (χ0n) is 32.4. The van der Waals surface area contributed by atoms with Gasteiger partial charge in [0.15, 0.2) is 0 Å². The summed E-state index contributed by atoms with van der Waals surface area (Å²) in [6.07, 6.45) is 4.97. The Morgan fingerprint density at radius 2 is 1.29 bits per heavy atom. The standard InChI is InChI=1S/C41H52N8O6/c1-22(2)34(46-40(52)54-5)38(50)48-17-7-9-32(48)36-42-21-31(45-36)25-13-11-24(12-14-25)27-20-28(27)26-15-16-29-30(19-26)44-37(43-29)33-10-8-18-49(33)39(51)35(23(3)4)47-41(53)55-6/h11-16,19,21-23,27-28,32-35H,7-10,17-18,20H2,1-6H3,(H,42,45)(H,43,44)(H,46,52)(H,47,53)/t27-,28+,32-,33+,34+,35-/m1/s1. The normalized spacial score (nSPS) is 21.9. The number of nitrogens with zero attached hydrogens (tertiary/aromatic N) is 4. The number of hydrogen-bond acceptors (Lipinski definition) is 8. The number of fused-ring (bicyclic) bond motifs is 1. The van der Waals surface area contributed by atoms with Gasteiger partial charge >= 0.3 is 12.2 Å². The van der Waals surface area contributed by atoms with E-state index in [0.29, 0.717) is 24.9 Å². The van der Waals surface area contributed by atoms with Crippen LogP contribution >= 0.6 is 0 Å². The molecule has 4 amide bonds. The average Bonchev–Trinajstić information content (AvgIpc) is 3.69. The van der Waals surface area contributed by atoms with Crippen molar-refractivity contribution >= 4 is 35.0 Å². The number of H-pyrrole nitrogens is 2. The molecule has 0 spiro atoms. The molecule has 292 valence electrons. The van der Waals surface area contributed by atoms with Gasteiger partial charge in [-0.15, -0.1) is 0 Å². The quantitative estimate of drug-likeness (QED) is 0.138. The van der Waals surface area contributed by atoms with Crippen LogP contribution in [-0.2, 0) is 19.1 Å². The SMILES string of the molecule is COC(=O)N[C@H](C(=O)N1CCC[C@@H]1c1ncc(-c2ccc([C@H]3C[C@H]3c3ccc4nc([C@@H]5CCCN5C(=O)[C@H](NC(=O)OC)C(C)C)[nH]c4c3)cc2)[nH]1)C(C)C. The van der Waals surface area contributed by atoms with E-state index in [4.69, 9.17) is 19.4 Å². The fourth-order valence-electron chi connectivity index (χ4n) is 8.32. The zero-order chi connectivity index (χ0) is 39.0. The molecule has 6 atom stereocenters. The molecule has 7 rings (SSSR count). The molecule has 2 aliphatic heterocycles. The maximum atomic E-state index is 13.6. The van der Waals surface area contributed by atoms with Crippen molar-refractivity contribution in [3.8, 4) is 11.3 Å². The third-order valence-corrected chi connectivity index (χ3v) is 11.5. The van der Waals surface area contributed by atoms with Gasteiger partial charge < -0.3 is 39.9 Å². The van der Waals surface area contributed by atoms with Crippen molar-refractivity contribution in [1.29, 1.82) is 0 Å². The van der Waals surface area contributed by atoms with Crippen LogP contribution in [0.25, 0.3) is 22.3 Å². The molecule has 0 bridgehead atoms. The molecule has 2 aromatic heterocycles. The summed E-state index contributed by atoms with van der Waals surface area (Å²) in [5.74, 6) is 1.88. The van der Waals surface area contributed by atoms with Crippen molar-refractivity contribution in [3.63, 3.8) is 0 Å². The van der Waals surface area contributed by atoms with Crippen LogP contribution in [0.3, 0.4) is 0 Å². The van der Waals surface area contributed by atoms with Crippen LogP contribution in [0.15, 0.2) is 48.7 Å². The number of aromatic amines is 2. The van der Waals surface area contributed by atoms with E-state index < -0.39 is 24.3 Å². The molecule has 2 aromatic carbocycles. The number of carbonyl (C=O) groups excluding carboxylic acids is 4. The van der Waals surface area contributed by atoms with E-state index in [9.17, 15) is 19.2 Å². The summed E-state index contributed by atoms with van der Waals surface area (Å²) in [5.41, 5.74) is 6.28. The van der Waals surface area contributed by atoms with E-state index in [1.807, 2.05) is 43.7 Å². The molecule has 3 aliphatic rings. The van der Waals surface area contributed by atoms with E-state index in [-0.39, 0.29) is 35.7 Å². The lowest BCUT2D eigenvalue weighted by molar-refractivity contribution is -0.136. The summed E-state index contributed by atoms with van der Waals surface area (Å²) in [6, 6.07) is 13.3. The molecule has 4 N–H and O–H groups in total. The zero-order valence-corrected chi connectivity index (χ0v) is 32.4. The Labute approximate surface area is 321 Å². The third kappa shape index (κ3) is 7.76. The van der Waals surface area contributed by atoms with Crippen LogP contribution in [0.1, 0.15) is 106 Å². The van der Waals surface area contributed by atoms with E-state index in [2.05, 4.69) is 63.1 Å². The van der Waals surface area contributed by atoms with Crippen molar-refractivity contribution < 1.29 is 28.7 Å². The van der Waals surface area contributed by atoms with Gasteiger partial charge in [0.05, 0.1) is 49.2 Å². The molecule has 0 unspecified atom stereocenters. The Balaban J connectivity index is 1.00. The molecule has 4 aromatic rings. The van der Waals surface area contributed by atoms with E-state index in [1.54, 1.807) is 0 Å². The minimum absolute atomic E-state index is 0.0958. The highest BCUT2D eigenvalue weighted by Crippen LogP contribution is 2.55. The highest BCUT2D eigenvalue weighted by atomic mass is 16.5. The minimum atomic E-state index is -0.679. The van der Waals surface area contributed by atoms with Crippen LogP contribution < -0.4 is 10.6 Å². The number of imidazole rings is 2. The highest BCUT2D eigenvalue weighted by molar-refractivity contribution is 5.87. The lowest BCUT2D eigenvalue weighted by Crippen LogP contribution is -2.51. The Morgan fingerprint density at radius 3 is 1.85 bits per heavy atom. The molecular formula is C41H52N8O6. The highest BCUT2D eigenvalue weighted by Gasteiger charge is 2.41. The van der Waals surface area contributed by atoms with Crippen molar-refractivity contribution in [2.45, 2.75) is 95.8 Å². The molecule has 55 heavy (non-hydrogen) atoms. The second kappa shape index (κ2) is 15.8. The van der Waals surface area contributed by atoms with E-state index in [0.717, 1.165) is 66.0 Å². The molecule has 4 heterocycles. The number of carbonyl (C=O) groups is 4. The monoisotopic (exact) mass is 752 g/mol. The number of ether oxygens (including phenoxy) is 2. The first kappa shape index (κ1) is 37.9. The second-order valence-electron chi connectivity index (χ2n) is 15.7. The van der Waals surface area contributed by atoms with Gasteiger partial charge in [0.2, 0.25) is 11.8 Å². The predicted molar refractivity (Wildman–Crippen MR) is 206 cm³/mol. The van der Waals surface area contributed by atoms with Crippen LogP contribution in [0, 0.1) is 11.8 Å². The first-order valence-electron chi connectivity index (χ1n) is 19.4. The van der Waals surface area contributed by atoms with Gasteiger partial charge in [0.25, 0.3) is 0 Å². The summed E-state index contributed by atoms with van der Waals surface area (Å²) < 4.78 is 9.53. The van der Waals surface area contributed by atoms with Crippen molar-refractivity contribution in [1.82, 2.24) is 40.4 Å². The summed E-state index contributed by atoms with van der Waals surface area (Å²) >= 11 is 0. The van der Waals surface area contributed by atoms with Gasteiger partial charge in [-0.2, -0.15) is 0 Å². The maximum absolute atomic E-state index is 13.6. The minimum Gasteiger partial charge on any atom is -0.453 e. The van der Waals surface area contributed by atoms with Gasteiger partial charge in [0, 0.05) is 13.1 Å². The number of hydrogen-bond donors (Lipinski definition) is 4. The lowest BCUT2D eigenvalue weighted by Gasteiger charge is -2.30. The predicted octanol–water partition coefficient (Wildman–Crippen LogP) is 6.31. The first-order chi connectivity index (χ1) is 26.5. The topological polar surface area (TPSA) is 175 Å². The second-order valence-corrected chi connectivity index (χ2v) is 15.7. The van der Waals surface area contributed by atoms with Gasteiger partial charge in [-0.25, -0.2) is 19.6 Å². The Hall–Kier alpha value is -5.40. The number of methoxy groups -OCH3 is 2. The molecule has 1 aliphatic carbocycles. The van der Waals surface area contributed by atoms with Crippen LogP contribution in [0.2, 0.25) is 0 Å². The van der Waals surface area contributed by atoms with Crippen LogP contribution in [-0.4, -0.2) is 93.1 Å².